The smallest absolute Gasteiger partial charge is 0.153 e. The fourth-order valence-corrected chi connectivity index (χ4v) is 3.60. The Morgan fingerprint density at radius 2 is 2.00 bits per heavy atom. The van der Waals surface area contributed by atoms with Crippen LogP contribution in [-0.4, -0.2) is 4.98 Å². The van der Waals surface area contributed by atoms with Gasteiger partial charge in [-0.15, -0.1) is 11.3 Å². The van der Waals surface area contributed by atoms with E-state index in [-0.39, 0.29) is 5.54 Å². The van der Waals surface area contributed by atoms with Gasteiger partial charge >= 0.3 is 0 Å². The van der Waals surface area contributed by atoms with Gasteiger partial charge in [-0.2, -0.15) is 0 Å². The molecule has 2 N–H and O–H groups in total. The van der Waals surface area contributed by atoms with Gasteiger partial charge in [0.2, 0.25) is 0 Å². The van der Waals surface area contributed by atoms with E-state index in [4.69, 9.17) is 10.2 Å². The normalized spacial score (nSPS) is 19.6. The van der Waals surface area contributed by atoms with Crippen LogP contribution in [0.25, 0.3) is 11.5 Å². The first-order valence-corrected chi connectivity index (χ1v) is 7.45. The lowest BCUT2D eigenvalue weighted by molar-refractivity contribution is 0.384. The maximum atomic E-state index is 6.56. The molecule has 0 radical (unpaired) electrons. The Bertz CT molecular complexity index is 496. The van der Waals surface area contributed by atoms with E-state index >= 15 is 0 Å². The summed E-state index contributed by atoms with van der Waals surface area (Å²) in [5.74, 6) is 0.828. The van der Waals surface area contributed by atoms with Gasteiger partial charge in [0.1, 0.15) is 10.7 Å². The summed E-state index contributed by atoms with van der Waals surface area (Å²) in [6.45, 7) is 0. The summed E-state index contributed by atoms with van der Waals surface area (Å²) < 4.78 is 5.38. The summed E-state index contributed by atoms with van der Waals surface area (Å²) in [5, 5.41) is 3.11. The first-order chi connectivity index (χ1) is 8.78. The molecule has 1 aliphatic carbocycles. The van der Waals surface area contributed by atoms with Crippen molar-refractivity contribution in [2.24, 2.45) is 5.73 Å². The predicted octanol–water partition coefficient (Wildman–Crippen LogP) is 3.91. The van der Waals surface area contributed by atoms with Gasteiger partial charge < -0.3 is 10.2 Å². The molecule has 4 heteroatoms. The Morgan fingerprint density at radius 3 is 2.67 bits per heavy atom. The van der Waals surface area contributed by atoms with Crippen LogP contribution in [0, 0.1) is 0 Å². The molecule has 0 spiro atoms. The van der Waals surface area contributed by atoms with E-state index in [0.717, 1.165) is 29.3 Å². The average Bonchev–Trinajstić information content (AvgIpc) is 3.00. The maximum absolute atomic E-state index is 6.56. The summed E-state index contributed by atoms with van der Waals surface area (Å²) in [4.78, 5) is 4.69. The van der Waals surface area contributed by atoms with E-state index in [2.05, 4.69) is 4.98 Å². The minimum atomic E-state index is -0.216. The van der Waals surface area contributed by atoms with Gasteiger partial charge in [0.05, 0.1) is 11.8 Å². The van der Waals surface area contributed by atoms with Crippen molar-refractivity contribution in [2.45, 2.75) is 44.1 Å². The van der Waals surface area contributed by atoms with Gasteiger partial charge in [-0.1, -0.05) is 25.7 Å². The summed E-state index contributed by atoms with van der Waals surface area (Å²) in [7, 11) is 0. The quantitative estimate of drug-likeness (QED) is 0.835. The van der Waals surface area contributed by atoms with Crippen molar-refractivity contribution in [3.63, 3.8) is 0 Å². The second kappa shape index (κ2) is 4.86. The topological polar surface area (TPSA) is 52.0 Å². The highest BCUT2D eigenvalue weighted by atomic mass is 32.1. The van der Waals surface area contributed by atoms with Crippen LogP contribution in [0.2, 0.25) is 0 Å². The number of rotatable bonds is 2. The first-order valence-electron chi connectivity index (χ1n) is 6.57. The van der Waals surface area contributed by atoms with E-state index in [1.54, 1.807) is 17.6 Å². The minimum absolute atomic E-state index is 0.216. The number of furan rings is 1. The van der Waals surface area contributed by atoms with E-state index in [1.807, 2.05) is 17.5 Å². The van der Waals surface area contributed by atoms with Crippen LogP contribution >= 0.6 is 11.3 Å². The Hall–Kier alpha value is -1.13. The summed E-state index contributed by atoms with van der Waals surface area (Å²) in [6, 6.07) is 3.83. The lowest BCUT2D eigenvalue weighted by Crippen LogP contribution is -2.35. The summed E-state index contributed by atoms with van der Waals surface area (Å²) in [6.07, 6.45) is 8.82. The Labute approximate surface area is 111 Å². The molecule has 0 bridgehead atoms. The van der Waals surface area contributed by atoms with Crippen molar-refractivity contribution in [1.29, 1.82) is 0 Å². The third-order valence-corrected chi connectivity index (χ3v) is 4.76. The minimum Gasteiger partial charge on any atom is -0.463 e. The zero-order chi connectivity index (χ0) is 12.4. The Balaban J connectivity index is 1.88. The number of hydrogen-bond acceptors (Lipinski definition) is 4. The number of thiazole rings is 1. The molecule has 18 heavy (non-hydrogen) atoms. The molecule has 2 aromatic heterocycles. The van der Waals surface area contributed by atoms with Crippen LogP contribution in [-0.2, 0) is 5.54 Å². The van der Waals surface area contributed by atoms with E-state index in [0.29, 0.717) is 0 Å². The molecule has 3 rings (SSSR count). The molecule has 3 nitrogen and oxygen atoms in total. The molecule has 0 unspecified atom stereocenters. The first kappa shape index (κ1) is 11.9. The molecule has 0 atom stereocenters. The monoisotopic (exact) mass is 262 g/mol. The van der Waals surface area contributed by atoms with E-state index in [9.17, 15) is 0 Å². The molecule has 0 aromatic carbocycles. The predicted molar refractivity (Wildman–Crippen MR) is 73.4 cm³/mol. The average molecular weight is 262 g/mol. The van der Waals surface area contributed by atoms with Crippen molar-refractivity contribution >= 4 is 11.3 Å². The van der Waals surface area contributed by atoms with Crippen LogP contribution in [0.15, 0.2) is 28.2 Å². The standard InChI is InChI=1S/C14H18N2OS/c15-14(7-3-1-2-4-8-14)13-16-11(10-18-13)12-6-5-9-17-12/h5-6,9-10H,1-4,7-8,15H2. The molecule has 1 aliphatic rings. The lowest BCUT2D eigenvalue weighted by atomic mass is 9.92. The molecule has 0 saturated heterocycles. The fraction of sp³-hybridized carbons (Fsp3) is 0.500. The molecule has 0 amide bonds. The van der Waals surface area contributed by atoms with Crippen LogP contribution < -0.4 is 5.73 Å². The molecule has 0 aliphatic heterocycles. The highest BCUT2D eigenvalue weighted by Crippen LogP contribution is 2.36. The summed E-state index contributed by atoms with van der Waals surface area (Å²) >= 11 is 1.67. The second-order valence-electron chi connectivity index (χ2n) is 5.09. The number of nitrogens with zero attached hydrogens (tertiary/aromatic N) is 1. The highest BCUT2D eigenvalue weighted by molar-refractivity contribution is 7.10. The summed E-state index contributed by atoms with van der Waals surface area (Å²) in [5.41, 5.74) is 7.26. The van der Waals surface area contributed by atoms with Crippen LogP contribution in [0.3, 0.4) is 0 Å². The molecule has 2 heterocycles. The number of aromatic nitrogens is 1. The van der Waals surface area contributed by atoms with Crippen molar-refractivity contribution in [3.8, 4) is 11.5 Å². The third kappa shape index (κ3) is 2.22. The molecule has 96 valence electrons. The lowest BCUT2D eigenvalue weighted by Gasteiger charge is -2.25. The van der Waals surface area contributed by atoms with Crippen molar-refractivity contribution in [3.05, 3.63) is 28.8 Å². The van der Waals surface area contributed by atoms with Gasteiger partial charge in [0.15, 0.2) is 5.76 Å². The number of hydrogen-bond donors (Lipinski definition) is 1. The number of nitrogens with two attached hydrogens (primary N) is 1. The van der Waals surface area contributed by atoms with Crippen molar-refractivity contribution in [2.75, 3.05) is 0 Å². The largest absolute Gasteiger partial charge is 0.463 e. The van der Waals surface area contributed by atoms with Crippen molar-refractivity contribution in [1.82, 2.24) is 4.98 Å². The highest BCUT2D eigenvalue weighted by Gasteiger charge is 2.31. The fourth-order valence-electron chi connectivity index (χ4n) is 2.61. The maximum Gasteiger partial charge on any atom is 0.153 e. The van der Waals surface area contributed by atoms with Crippen LogP contribution in [0.1, 0.15) is 43.5 Å². The van der Waals surface area contributed by atoms with Gasteiger partial charge in [-0.3, -0.25) is 0 Å². The Morgan fingerprint density at radius 1 is 1.22 bits per heavy atom. The van der Waals surface area contributed by atoms with E-state index < -0.39 is 0 Å². The molecule has 1 fully saturated rings. The van der Waals surface area contributed by atoms with Gasteiger partial charge in [0.25, 0.3) is 0 Å². The second-order valence-corrected chi connectivity index (χ2v) is 5.94. The van der Waals surface area contributed by atoms with Crippen LogP contribution in [0.5, 0.6) is 0 Å². The zero-order valence-corrected chi connectivity index (χ0v) is 11.2. The van der Waals surface area contributed by atoms with Gasteiger partial charge in [-0.25, -0.2) is 4.98 Å². The zero-order valence-electron chi connectivity index (χ0n) is 10.4. The molecule has 2 aromatic rings. The van der Waals surface area contributed by atoms with Crippen LogP contribution in [0.4, 0.5) is 0 Å². The molecular formula is C14H18N2OS. The van der Waals surface area contributed by atoms with Crippen molar-refractivity contribution < 1.29 is 4.42 Å². The van der Waals surface area contributed by atoms with Gasteiger partial charge in [-0.05, 0) is 25.0 Å². The SMILES string of the molecule is NC1(c2nc(-c3ccco3)cs2)CCCCCC1. The molecule has 1 saturated carbocycles. The third-order valence-electron chi connectivity index (χ3n) is 3.70. The molecular weight excluding hydrogens is 244 g/mol. The van der Waals surface area contributed by atoms with Gasteiger partial charge in [0, 0.05) is 5.38 Å². The van der Waals surface area contributed by atoms with E-state index in [1.165, 1.54) is 25.7 Å². The Kier molecular flexibility index (Phi) is 3.22.